The molecule has 0 saturated heterocycles. The molecule has 0 aromatic carbocycles. The molecule has 9 nitrogen and oxygen atoms in total. The van der Waals surface area contributed by atoms with E-state index < -0.39 is 0 Å². The molecule has 0 radical (unpaired) electrons. The maximum Gasteiger partial charge on any atom is 0.0110 e. The van der Waals surface area contributed by atoms with Gasteiger partial charge in [0.05, 0.1) is 0 Å². The minimum absolute atomic E-state index is 0.677. The molecule has 25 heavy (non-hydrogen) atoms. The molecule has 0 amide bonds. The highest BCUT2D eigenvalue weighted by molar-refractivity contribution is 4.68. The van der Waals surface area contributed by atoms with E-state index in [2.05, 4.69) is 25.8 Å². The molecule has 0 unspecified atom stereocenters. The van der Waals surface area contributed by atoms with Gasteiger partial charge in [-0.3, -0.25) is 9.80 Å². The highest BCUT2D eigenvalue weighted by Gasteiger charge is 2.09. The van der Waals surface area contributed by atoms with Crippen LogP contribution in [0.3, 0.4) is 0 Å². The van der Waals surface area contributed by atoms with Gasteiger partial charge >= 0.3 is 0 Å². The third-order valence-electron chi connectivity index (χ3n) is 3.96. The molecule has 0 spiro atoms. The Balaban J connectivity index is 4.15. The number of nitrogens with two attached hydrogens (primary N) is 4. The summed E-state index contributed by atoms with van der Waals surface area (Å²) in [6.45, 7) is 14.2. The van der Waals surface area contributed by atoms with Gasteiger partial charge in [-0.05, 0) is 0 Å². The van der Waals surface area contributed by atoms with E-state index in [1.165, 1.54) is 0 Å². The Hall–Kier alpha value is -0.360. The van der Waals surface area contributed by atoms with Gasteiger partial charge in [-0.2, -0.15) is 0 Å². The van der Waals surface area contributed by atoms with Crippen molar-refractivity contribution in [2.24, 2.45) is 22.9 Å². The summed E-state index contributed by atoms with van der Waals surface area (Å²) in [5, 5.41) is 10.1. The molecule has 0 aliphatic heterocycles. The molecule has 0 fully saturated rings. The van der Waals surface area contributed by atoms with E-state index in [9.17, 15) is 0 Å². The summed E-state index contributed by atoms with van der Waals surface area (Å²) in [6.07, 6.45) is 0. The lowest BCUT2D eigenvalue weighted by molar-refractivity contribution is 0.207. The second-order valence-electron chi connectivity index (χ2n) is 6.09. The Morgan fingerprint density at radius 1 is 0.400 bits per heavy atom. The number of nitrogens with zero attached hydrogens (tertiary/aromatic N) is 2. The van der Waals surface area contributed by atoms with Gasteiger partial charge in [0.2, 0.25) is 0 Å². The number of hydrogen-bond donors (Lipinski definition) is 7. The zero-order valence-corrected chi connectivity index (χ0v) is 16.0. The molecule has 9 heteroatoms. The molecule has 0 aliphatic rings. The first kappa shape index (κ1) is 24.6. The van der Waals surface area contributed by atoms with Crippen LogP contribution in [-0.2, 0) is 0 Å². The van der Waals surface area contributed by atoms with Crippen molar-refractivity contribution in [3.05, 3.63) is 0 Å². The maximum atomic E-state index is 5.75. The molecule has 0 rings (SSSR count). The normalized spacial score (nSPS) is 11.8. The van der Waals surface area contributed by atoms with Crippen molar-refractivity contribution in [1.29, 1.82) is 0 Å². The Labute approximate surface area is 154 Å². The van der Waals surface area contributed by atoms with Crippen molar-refractivity contribution < 1.29 is 0 Å². The van der Waals surface area contributed by atoms with Gasteiger partial charge in [0.25, 0.3) is 0 Å². The smallest absolute Gasteiger partial charge is 0.0110 e. The molecule has 0 atom stereocenters. The van der Waals surface area contributed by atoms with Crippen LogP contribution in [0.1, 0.15) is 0 Å². The first-order valence-corrected chi connectivity index (χ1v) is 9.65. The SMILES string of the molecule is NCCNCCN(CCN)CCN(CCNCCN)CCNCCN. The Morgan fingerprint density at radius 2 is 0.760 bits per heavy atom. The fourth-order valence-electron chi connectivity index (χ4n) is 2.53. The fourth-order valence-corrected chi connectivity index (χ4v) is 2.53. The van der Waals surface area contributed by atoms with Crippen LogP contribution in [-0.4, -0.2) is 115 Å². The van der Waals surface area contributed by atoms with Crippen LogP contribution in [0.4, 0.5) is 0 Å². The third-order valence-corrected chi connectivity index (χ3v) is 3.96. The third kappa shape index (κ3) is 16.8. The number of nitrogens with one attached hydrogen (secondary N) is 3. The van der Waals surface area contributed by atoms with Gasteiger partial charge in [-0.25, -0.2) is 0 Å². The lowest BCUT2D eigenvalue weighted by atomic mass is 10.3. The fraction of sp³-hybridized carbons (Fsp3) is 1.00. The van der Waals surface area contributed by atoms with Crippen LogP contribution in [0.2, 0.25) is 0 Å². The Kier molecular flexibility index (Phi) is 19.7. The molecular weight excluding hydrogens is 318 g/mol. The first-order valence-electron chi connectivity index (χ1n) is 9.65. The Bertz CT molecular complexity index is 244. The zero-order valence-electron chi connectivity index (χ0n) is 16.0. The summed E-state index contributed by atoms with van der Waals surface area (Å²) in [4.78, 5) is 4.89. The molecule has 0 aromatic rings. The van der Waals surface area contributed by atoms with Crippen molar-refractivity contribution in [1.82, 2.24) is 25.8 Å². The van der Waals surface area contributed by atoms with E-state index in [1.54, 1.807) is 0 Å². The lowest BCUT2D eigenvalue weighted by Gasteiger charge is -2.28. The van der Waals surface area contributed by atoms with E-state index >= 15 is 0 Å². The average molecular weight is 362 g/mol. The van der Waals surface area contributed by atoms with Crippen molar-refractivity contribution in [3.8, 4) is 0 Å². The van der Waals surface area contributed by atoms with Crippen molar-refractivity contribution >= 4 is 0 Å². The van der Waals surface area contributed by atoms with Crippen LogP contribution >= 0.6 is 0 Å². The molecular formula is C16H43N9. The molecule has 152 valence electrons. The van der Waals surface area contributed by atoms with Crippen molar-refractivity contribution in [2.75, 3.05) is 105 Å². The van der Waals surface area contributed by atoms with Crippen LogP contribution in [0.25, 0.3) is 0 Å². The highest BCUT2D eigenvalue weighted by Crippen LogP contribution is 1.92. The van der Waals surface area contributed by atoms with Gasteiger partial charge < -0.3 is 38.9 Å². The van der Waals surface area contributed by atoms with Gasteiger partial charge in [0.1, 0.15) is 0 Å². The summed E-state index contributed by atoms with van der Waals surface area (Å²) in [6, 6.07) is 0. The predicted molar refractivity (Wildman–Crippen MR) is 108 cm³/mol. The van der Waals surface area contributed by atoms with Crippen molar-refractivity contribution in [3.63, 3.8) is 0 Å². The van der Waals surface area contributed by atoms with Crippen LogP contribution < -0.4 is 38.9 Å². The summed E-state index contributed by atoms with van der Waals surface area (Å²) in [7, 11) is 0. The highest BCUT2D eigenvalue weighted by atomic mass is 15.2. The zero-order chi connectivity index (χ0) is 18.6. The average Bonchev–Trinajstić information content (AvgIpc) is 2.62. The van der Waals surface area contributed by atoms with Crippen molar-refractivity contribution in [2.45, 2.75) is 0 Å². The molecule has 0 aliphatic carbocycles. The molecule has 0 bridgehead atoms. The second kappa shape index (κ2) is 20.0. The van der Waals surface area contributed by atoms with E-state index in [4.69, 9.17) is 22.9 Å². The Morgan fingerprint density at radius 3 is 1.08 bits per heavy atom. The minimum atomic E-state index is 0.677. The standard InChI is InChI=1S/C16H43N9/c17-1-5-21-8-12-24(11-4-20)15-16-25(13-9-22-6-2-18)14-10-23-7-3-19/h21-23H,1-20H2. The summed E-state index contributed by atoms with van der Waals surface area (Å²) >= 11 is 0. The molecule has 0 saturated carbocycles. The van der Waals surface area contributed by atoms with E-state index in [1.807, 2.05) is 0 Å². The molecule has 0 heterocycles. The first-order chi connectivity index (χ1) is 12.3. The van der Waals surface area contributed by atoms with Gasteiger partial charge in [0, 0.05) is 105 Å². The topological polar surface area (TPSA) is 147 Å². The molecule has 0 aromatic heterocycles. The quantitative estimate of drug-likeness (QED) is 0.108. The van der Waals surface area contributed by atoms with Gasteiger partial charge in [-0.15, -0.1) is 0 Å². The van der Waals surface area contributed by atoms with Crippen LogP contribution in [0, 0.1) is 0 Å². The van der Waals surface area contributed by atoms with Crippen LogP contribution in [0.5, 0.6) is 0 Å². The predicted octanol–water partition coefficient (Wildman–Crippen LogP) is -3.81. The summed E-state index contributed by atoms with van der Waals surface area (Å²) < 4.78 is 0. The second-order valence-corrected chi connectivity index (χ2v) is 6.09. The largest absolute Gasteiger partial charge is 0.329 e. The maximum absolute atomic E-state index is 5.75. The van der Waals surface area contributed by atoms with E-state index in [0.717, 1.165) is 78.5 Å². The monoisotopic (exact) mass is 361 g/mol. The van der Waals surface area contributed by atoms with E-state index in [0.29, 0.717) is 26.2 Å². The minimum Gasteiger partial charge on any atom is -0.329 e. The van der Waals surface area contributed by atoms with Gasteiger partial charge in [0.15, 0.2) is 0 Å². The van der Waals surface area contributed by atoms with Crippen LogP contribution in [0.15, 0.2) is 0 Å². The number of rotatable bonds is 20. The number of hydrogen-bond acceptors (Lipinski definition) is 9. The summed E-state index contributed by atoms with van der Waals surface area (Å²) in [5.74, 6) is 0. The van der Waals surface area contributed by atoms with Gasteiger partial charge in [-0.1, -0.05) is 0 Å². The molecule has 11 N–H and O–H groups in total. The summed E-state index contributed by atoms with van der Waals surface area (Å²) in [5.41, 5.74) is 22.3. The lowest BCUT2D eigenvalue weighted by Crippen LogP contribution is -2.44. The van der Waals surface area contributed by atoms with E-state index in [-0.39, 0.29) is 0 Å².